The fraction of sp³-hybridized carbons (Fsp3) is 0.650. The largest absolute Gasteiger partial charge is 0.385 e. The van der Waals surface area contributed by atoms with E-state index in [9.17, 15) is 4.79 Å². The van der Waals surface area contributed by atoms with Gasteiger partial charge in [-0.05, 0) is 56.1 Å². The van der Waals surface area contributed by atoms with E-state index in [2.05, 4.69) is 34.5 Å². The lowest BCUT2D eigenvalue weighted by molar-refractivity contribution is -0.136. The number of likely N-dealkylation sites (tertiary alicyclic amines) is 1. The maximum Gasteiger partial charge on any atom is 0.222 e. The molecule has 2 saturated heterocycles. The topological polar surface area (TPSA) is 41.6 Å². The Labute approximate surface area is 144 Å². The molecule has 3 heterocycles. The first-order chi connectivity index (χ1) is 11.7. The Morgan fingerprint density at radius 1 is 1.25 bits per heavy atom. The van der Waals surface area contributed by atoms with Crippen molar-refractivity contribution in [3.05, 3.63) is 29.8 Å². The quantitative estimate of drug-likeness (QED) is 0.926. The average Bonchev–Trinajstić information content (AvgIpc) is 3.08. The minimum atomic E-state index is 0.105. The van der Waals surface area contributed by atoms with Crippen LogP contribution in [0, 0.1) is 5.92 Å². The molecule has 0 saturated carbocycles. The highest BCUT2D eigenvalue weighted by Crippen LogP contribution is 2.36. The number of piperidine rings is 1. The number of amides is 1. The summed E-state index contributed by atoms with van der Waals surface area (Å²) in [5, 5.41) is 3.51. The molecule has 1 atom stereocenters. The molecule has 1 N–H and O–H groups in total. The Hall–Kier alpha value is -1.55. The summed E-state index contributed by atoms with van der Waals surface area (Å²) in [5.74, 6) is 0.903. The lowest BCUT2D eigenvalue weighted by Crippen LogP contribution is -2.46. The molecule has 1 spiro atoms. The van der Waals surface area contributed by atoms with Crippen molar-refractivity contribution in [2.75, 3.05) is 31.6 Å². The number of hydrogen-bond donors (Lipinski definition) is 1. The van der Waals surface area contributed by atoms with Crippen LogP contribution in [0.1, 0.15) is 44.1 Å². The molecule has 4 nitrogen and oxygen atoms in total. The summed E-state index contributed by atoms with van der Waals surface area (Å²) in [6.07, 6.45) is 7.18. The summed E-state index contributed by atoms with van der Waals surface area (Å²) >= 11 is 0. The van der Waals surface area contributed by atoms with Gasteiger partial charge in [-0.15, -0.1) is 0 Å². The van der Waals surface area contributed by atoms with Crippen LogP contribution in [-0.2, 0) is 16.0 Å². The third-order valence-corrected chi connectivity index (χ3v) is 6.09. The molecule has 24 heavy (non-hydrogen) atoms. The van der Waals surface area contributed by atoms with Gasteiger partial charge in [-0.25, -0.2) is 0 Å². The molecular formula is C20H28N2O2. The van der Waals surface area contributed by atoms with Crippen molar-refractivity contribution < 1.29 is 9.53 Å². The van der Waals surface area contributed by atoms with Crippen LogP contribution < -0.4 is 5.32 Å². The van der Waals surface area contributed by atoms with Gasteiger partial charge in [0, 0.05) is 38.3 Å². The number of rotatable bonds is 3. The Morgan fingerprint density at radius 3 is 2.88 bits per heavy atom. The predicted octanol–water partition coefficient (Wildman–Crippen LogP) is 3.22. The van der Waals surface area contributed by atoms with Gasteiger partial charge in [0.05, 0.1) is 5.60 Å². The molecule has 4 rings (SSSR count). The lowest BCUT2D eigenvalue weighted by Gasteiger charge is -2.38. The van der Waals surface area contributed by atoms with Crippen molar-refractivity contribution in [2.45, 2.75) is 50.5 Å². The van der Waals surface area contributed by atoms with Crippen molar-refractivity contribution in [1.82, 2.24) is 4.90 Å². The van der Waals surface area contributed by atoms with Gasteiger partial charge in [0.25, 0.3) is 0 Å². The predicted molar refractivity (Wildman–Crippen MR) is 95.1 cm³/mol. The zero-order chi connectivity index (χ0) is 16.4. The van der Waals surface area contributed by atoms with Crippen molar-refractivity contribution >= 4 is 11.6 Å². The van der Waals surface area contributed by atoms with Crippen LogP contribution in [0.3, 0.4) is 0 Å². The van der Waals surface area contributed by atoms with E-state index in [0.29, 0.717) is 18.2 Å². The van der Waals surface area contributed by atoms with Crippen LogP contribution >= 0.6 is 0 Å². The number of para-hydroxylation sites is 1. The van der Waals surface area contributed by atoms with E-state index in [0.717, 1.165) is 51.9 Å². The van der Waals surface area contributed by atoms with Gasteiger partial charge in [-0.2, -0.15) is 0 Å². The number of benzene rings is 1. The number of ether oxygens (including phenoxy) is 1. The van der Waals surface area contributed by atoms with Gasteiger partial charge < -0.3 is 15.0 Å². The zero-order valence-corrected chi connectivity index (χ0v) is 14.4. The van der Waals surface area contributed by atoms with E-state index in [1.165, 1.54) is 24.1 Å². The molecule has 4 heteroatoms. The number of carbonyl (C=O) groups excluding carboxylic acids is 1. The molecule has 0 aromatic heterocycles. The third kappa shape index (κ3) is 3.30. The standard InChI is InChI=1S/C20H28N2O2/c23-19(22-11-9-20(10-12-22)8-3-13-24-20)7-6-16-14-17-4-1-2-5-18(17)21-15-16/h1-2,4-5,16,21H,3,6-15H2. The number of fused-ring (bicyclic) bond motifs is 1. The first kappa shape index (κ1) is 15.9. The van der Waals surface area contributed by atoms with E-state index in [1.54, 1.807) is 0 Å². The van der Waals surface area contributed by atoms with Gasteiger partial charge in [0.1, 0.15) is 0 Å². The Balaban J connectivity index is 1.24. The lowest BCUT2D eigenvalue weighted by atomic mass is 9.88. The zero-order valence-electron chi connectivity index (χ0n) is 14.4. The highest BCUT2D eigenvalue weighted by Gasteiger charge is 2.39. The van der Waals surface area contributed by atoms with Crippen LogP contribution in [-0.4, -0.2) is 42.6 Å². The third-order valence-electron chi connectivity index (χ3n) is 6.09. The van der Waals surface area contributed by atoms with Gasteiger partial charge in [-0.1, -0.05) is 18.2 Å². The second-order valence-corrected chi connectivity index (χ2v) is 7.66. The van der Waals surface area contributed by atoms with Gasteiger partial charge in [-0.3, -0.25) is 4.79 Å². The summed E-state index contributed by atoms with van der Waals surface area (Å²) < 4.78 is 5.95. The maximum absolute atomic E-state index is 12.6. The minimum Gasteiger partial charge on any atom is -0.385 e. The molecule has 2 fully saturated rings. The van der Waals surface area contributed by atoms with Crippen molar-refractivity contribution in [2.24, 2.45) is 5.92 Å². The molecule has 1 amide bonds. The fourth-order valence-electron chi connectivity index (χ4n) is 4.51. The molecule has 0 bridgehead atoms. The summed E-state index contributed by atoms with van der Waals surface area (Å²) in [5.41, 5.74) is 2.76. The van der Waals surface area contributed by atoms with Crippen LogP contribution in [0.2, 0.25) is 0 Å². The monoisotopic (exact) mass is 328 g/mol. The molecule has 3 aliphatic rings. The molecule has 1 aromatic carbocycles. The fourth-order valence-corrected chi connectivity index (χ4v) is 4.51. The van der Waals surface area contributed by atoms with Crippen LogP contribution in [0.25, 0.3) is 0 Å². The number of hydrogen-bond acceptors (Lipinski definition) is 3. The first-order valence-corrected chi connectivity index (χ1v) is 9.48. The highest BCUT2D eigenvalue weighted by molar-refractivity contribution is 5.76. The van der Waals surface area contributed by atoms with Crippen LogP contribution in [0.5, 0.6) is 0 Å². The van der Waals surface area contributed by atoms with E-state index in [1.807, 2.05) is 0 Å². The molecule has 0 radical (unpaired) electrons. The first-order valence-electron chi connectivity index (χ1n) is 9.48. The number of nitrogens with one attached hydrogen (secondary N) is 1. The van der Waals surface area contributed by atoms with Crippen molar-refractivity contribution in [1.29, 1.82) is 0 Å². The van der Waals surface area contributed by atoms with E-state index in [-0.39, 0.29) is 5.60 Å². The maximum atomic E-state index is 12.6. The molecule has 130 valence electrons. The SMILES string of the molecule is O=C(CCC1CNc2ccccc2C1)N1CCC2(CCCO2)CC1. The molecule has 3 aliphatic heterocycles. The summed E-state index contributed by atoms with van der Waals surface area (Å²) in [6.45, 7) is 3.65. The highest BCUT2D eigenvalue weighted by atomic mass is 16.5. The molecule has 0 aliphatic carbocycles. The van der Waals surface area contributed by atoms with Gasteiger partial charge >= 0.3 is 0 Å². The summed E-state index contributed by atoms with van der Waals surface area (Å²) in [6, 6.07) is 8.52. The van der Waals surface area contributed by atoms with Crippen LogP contribution in [0.15, 0.2) is 24.3 Å². The summed E-state index contributed by atoms with van der Waals surface area (Å²) in [7, 11) is 0. The number of nitrogens with zero attached hydrogens (tertiary/aromatic N) is 1. The normalized spacial score (nSPS) is 25.3. The molecule has 1 aromatic rings. The summed E-state index contributed by atoms with van der Waals surface area (Å²) in [4.78, 5) is 14.6. The average molecular weight is 328 g/mol. The van der Waals surface area contributed by atoms with Crippen molar-refractivity contribution in [3.8, 4) is 0 Å². The van der Waals surface area contributed by atoms with E-state index >= 15 is 0 Å². The smallest absolute Gasteiger partial charge is 0.222 e. The minimum absolute atomic E-state index is 0.105. The van der Waals surface area contributed by atoms with Crippen molar-refractivity contribution in [3.63, 3.8) is 0 Å². The molecular weight excluding hydrogens is 300 g/mol. The van der Waals surface area contributed by atoms with Gasteiger partial charge in [0.15, 0.2) is 0 Å². The van der Waals surface area contributed by atoms with E-state index < -0.39 is 0 Å². The molecule has 1 unspecified atom stereocenters. The van der Waals surface area contributed by atoms with Gasteiger partial charge in [0.2, 0.25) is 5.91 Å². The van der Waals surface area contributed by atoms with E-state index in [4.69, 9.17) is 4.74 Å². The number of carbonyl (C=O) groups is 1. The second kappa shape index (κ2) is 6.75. The number of anilines is 1. The Kier molecular flexibility index (Phi) is 4.49. The van der Waals surface area contributed by atoms with Crippen LogP contribution in [0.4, 0.5) is 5.69 Å². The Morgan fingerprint density at radius 2 is 2.08 bits per heavy atom. The second-order valence-electron chi connectivity index (χ2n) is 7.66. The Bertz CT molecular complexity index is 585.